The monoisotopic (exact) mass is 346 g/mol. The van der Waals surface area contributed by atoms with E-state index in [2.05, 4.69) is 10.4 Å². The zero-order chi connectivity index (χ0) is 18.0. The molecule has 2 atom stereocenters. The third-order valence-corrected chi connectivity index (χ3v) is 3.95. The second kappa shape index (κ2) is 7.10. The van der Waals surface area contributed by atoms with E-state index in [-0.39, 0.29) is 30.6 Å². The lowest BCUT2D eigenvalue weighted by molar-refractivity contribution is -0.144. The number of ether oxygens (including phenoxy) is 1. The normalized spacial score (nSPS) is 20.5. The van der Waals surface area contributed by atoms with Gasteiger partial charge < -0.3 is 19.4 Å². The van der Waals surface area contributed by atoms with Crippen LogP contribution in [0.3, 0.4) is 0 Å². The van der Waals surface area contributed by atoms with Gasteiger partial charge in [0.2, 0.25) is 5.91 Å². The molecule has 8 heteroatoms. The minimum absolute atomic E-state index is 0.0200. The Bertz CT molecular complexity index is 756. The molecule has 0 aliphatic carbocycles. The minimum Gasteiger partial charge on any atom is -0.469 e. The highest BCUT2D eigenvalue weighted by atomic mass is 16.5. The fraction of sp³-hybridized carbons (Fsp3) is 0.471. The van der Waals surface area contributed by atoms with Crippen molar-refractivity contribution in [1.29, 1.82) is 0 Å². The van der Waals surface area contributed by atoms with Gasteiger partial charge in [0.25, 0.3) is 5.91 Å². The Labute approximate surface area is 145 Å². The first-order chi connectivity index (χ1) is 11.9. The van der Waals surface area contributed by atoms with Gasteiger partial charge in [-0.3, -0.25) is 14.3 Å². The number of furan rings is 1. The number of nitrogens with one attached hydrogen (secondary N) is 1. The second-order valence-corrected chi connectivity index (χ2v) is 6.38. The first-order valence-electron chi connectivity index (χ1n) is 8.23. The number of rotatable bonds is 4. The first-order valence-corrected chi connectivity index (χ1v) is 8.23. The molecule has 1 saturated heterocycles. The molecule has 1 aliphatic heterocycles. The van der Waals surface area contributed by atoms with Crippen molar-refractivity contribution in [2.24, 2.45) is 0 Å². The van der Waals surface area contributed by atoms with Crippen molar-refractivity contribution in [3.05, 3.63) is 36.0 Å². The van der Waals surface area contributed by atoms with Crippen molar-refractivity contribution in [3.8, 4) is 0 Å². The summed E-state index contributed by atoms with van der Waals surface area (Å²) in [6.45, 7) is 6.96. The van der Waals surface area contributed by atoms with Gasteiger partial charge in [0.1, 0.15) is 18.6 Å². The predicted octanol–water partition coefficient (Wildman–Crippen LogP) is 1.67. The number of hydrogen-bond acceptors (Lipinski definition) is 5. The fourth-order valence-corrected chi connectivity index (χ4v) is 2.90. The minimum atomic E-state index is -0.279. The molecule has 2 aromatic rings. The quantitative estimate of drug-likeness (QED) is 0.910. The fourth-order valence-electron chi connectivity index (χ4n) is 2.90. The van der Waals surface area contributed by atoms with Crippen LogP contribution in [0.4, 0.5) is 5.69 Å². The Balaban J connectivity index is 1.58. The number of amides is 2. The third kappa shape index (κ3) is 4.27. The molecule has 0 spiro atoms. The smallest absolute Gasteiger partial charge is 0.259 e. The van der Waals surface area contributed by atoms with Gasteiger partial charge in [-0.25, -0.2) is 0 Å². The van der Waals surface area contributed by atoms with Gasteiger partial charge in [0, 0.05) is 19.3 Å². The Morgan fingerprint density at radius 2 is 2.04 bits per heavy atom. The van der Waals surface area contributed by atoms with E-state index in [9.17, 15) is 9.59 Å². The predicted molar refractivity (Wildman–Crippen MR) is 90.2 cm³/mol. The van der Waals surface area contributed by atoms with Crippen LogP contribution in [0.2, 0.25) is 0 Å². The summed E-state index contributed by atoms with van der Waals surface area (Å²) in [7, 11) is 0. The number of anilines is 1. The summed E-state index contributed by atoms with van der Waals surface area (Å²) in [5, 5.41) is 6.87. The molecule has 0 radical (unpaired) electrons. The molecule has 1 aliphatic rings. The van der Waals surface area contributed by atoms with Crippen LogP contribution in [-0.4, -0.2) is 51.8 Å². The number of aromatic nitrogens is 2. The van der Waals surface area contributed by atoms with E-state index in [1.807, 2.05) is 13.8 Å². The maximum atomic E-state index is 12.4. The second-order valence-electron chi connectivity index (χ2n) is 6.38. The standard InChI is InChI=1S/C17H22N4O4/c1-11-4-14(10-24-11)17(23)19-15-5-18-21(8-15)9-16(22)20-6-12(2)25-13(3)7-20/h4-5,8,10,12-13H,6-7,9H2,1-3H3,(H,19,23). The van der Waals surface area contributed by atoms with Gasteiger partial charge in [0.05, 0.1) is 29.7 Å². The van der Waals surface area contributed by atoms with Crippen molar-refractivity contribution < 1.29 is 18.7 Å². The number of nitrogens with zero attached hydrogens (tertiary/aromatic N) is 3. The summed E-state index contributed by atoms with van der Waals surface area (Å²) < 4.78 is 12.3. The zero-order valence-corrected chi connectivity index (χ0v) is 14.6. The van der Waals surface area contributed by atoms with Crippen LogP contribution in [0.15, 0.2) is 29.1 Å². The molecule has 3 rings (SSSR count). The summed E-state index contributed by atoms with van der Waals surface area (Å²) in [5.74, 6) is 0.368. The highest BCUT2D eigenvalue weighted by Crippen LogP contribution is 2.13. The molecule has 0 aromatic carbocycles. The lowest BCUT2D eigenvalue weighted by Gasteiger charge is -2.35. The van der Waals surface area contributed by atoms with Crippen LogP contribution in [0.1, 0.15) is 30.0 Å². The Kier molecular flexibility index (Phi) is 4.89. The Morgan fingerprint density at radius 1 is 1.32 bits per heavy atom. The van der Waals surface area contributed by atoms with Crippen molar-refractivity contribution in [1.82, 2.24) is 14.7 Å². The SMILES string of the molecule is Cc1cc(C(=O)Nc2cnn(CC(=O)N3CC(C)OC(C)C3)c2)co1. The van der Waals surface area contributed by atoms with Crippen molar-refractivity contribution in [3.63, 3.8) is 0 Å². The van der Waals surface area contributed by atoms with E-state index in [0.717, 1.165) is 0 Å². The van der Waals surface area contributed by atoms with Gasteiger partial charge in [-0.2, -0.15) is 5.10 Å². The third-order valence-electron chi connectivity index (χ3n) is 3.95. The number of hydrogen-bond donors (Lipinski definition) is 1. The Morgan fingerprint density at radius 3 is 2.68 bits per heavy atom. The van der Waals surface area contributed by atoms with E-state index < -0.39 is 0 Å². The molecule has 8 nitrogen and oxygen atoms in total. The molecule has 2 aromatic heterocycles. The maximum absolute atomic E-state index is 12.4. The molecule has 2 unspecified atom stereocenters. The van der Waals surface area contributed by atoms with Crippen LogP contribution in [0.25, 0.3) is 0 Å². The van der Waals surface area contributed by atoms with Gasteiger partial charge in [0.15, 0.2) is 0 Å². The zero-order valence-electron chi connectivity index (χ0n) is 14.6. The average Bonchev–Trinajstić information content (AvgIpc) is 3.15. The van der Waals surface area contributed by atoms with Gasteiger partial charge >= 0.3 is 0 Å². The summed E-state index contributed by atoms with van der Waals surface area (Å²) in [6, 6.07) is 1.66. The van der Waals surface area contributed by atoms with Crippen molar-refractivity contribution >= 4 is 17.5 Å². The van der Waals surface area contributed by atoms with Crippen LogP contribution >= 0.6 is 0 Å². The average molecular weight is 346 g/mol. The number of morpholine rings is 1. The molecule has 1 fully saturated rings. The van der Waals surface area contributed by atoms with Gasteiger partial charge in [-0.1, -0.05) is 0 Å². The number of carbonyl (C=O) groups excluding carboxylic acids is 2. The van der Waals surface area contributed by atoms with Crippen LogP contribution in [0.5, 0.6) is 0 Å². The highest BCUT2D eigenvalue weighted by molar-refractivity contribution is 6.04. The molecule has 1 N–H and O–H groups in total. The van der Waals surface area contributed by atoms with E-state index in [1.54, 1.807) is 24.1 Å². The molecular weight excluding hydrogens is 324 g/mol. The molecule has 0 bridgehead atoms. The van der Waals surface area contributed by atoms with E-state index >= 15 is 0 Å². The van der Waals surface area contributed by atoms with E-state index in [0.29, 0.717) is 30.1 Å². The van der Waals surface area contributed by atoms with Crippen LogP contribution in [-0.2, 0) is 16.1 Å². The summed E-state index contributed by atoms with van der Waals surface area (Å²) in [5.41, 5.74) is 0.970. The highest BCUT2D eigenvalue weighted by Gasteiger charge is 2.26. The summed E-state index contributed by atoms with van der Waals surface area (Å²) in [4.78, 5) is 26.3. The number of aryl methyl sites for hydroxylation is 1. The number of carbonyl (C=O) groups is 2. The topological polar surface area (TPSA) is 89.6 Å². The molecule has 3 heterocycles. The lowest BCUT2D eigenvalue weighted by Crippen LogP contribution is -2.49. The lowest BCUT2D eigenvalue weighted by atomic mass is 10.2. The van der Waals surface area contributed by atoms with Crippen molar-refractivity contribution in [2.75, 3.05) is 18.4 Å². The van der Waals surface area contributed by atoms with E-state index in [1.165, 1.54) is 17.1 Å². The maximum Gasteiger partial charge on any atom is 0.259 e. The largest absolute Gasteiger partial charge is 0.469 e. The molecular formula is C17H22N4O4. The summed E-state index contributed by atoms with van der Waals surface area (Å²) >= 11 is 0. The molecule has 134 valence electrons. The molecule has 2 amide bonds. The van der Waals surface area contributed by atoms with Gasteiger partial charge in [-0.05, 0) is 26.8 Å². The van der Waals surface area contributed by atoms with Crippen LogP contribution in [0, 0.1) is 6.92 Å². The molecule has 25 heavy (non-hydrogen) atoms. The van der Waals surface area contributed by atoms with E-state index in [4.69, 9.17) is 9.15 Å². The summed E-state index contributed by atoms with van der Waals surface area (Å²) in [6.07, 6.45) is 4.61. The first kappa shape index (κ1) is 17.2. The Hall–Kier alpha value is -2.61. The van der Waals surface area contributed by atoms with Gasteiger partial charge in [-0.15, -0.1) is 0 Å². The van der Waals surface area contributed by atoms with Crippen molar-refractivity contribution in [2.45, 2.75) is 39.5 Å². The van der Waals surface area contributed by atoms with Crippen LogP contribution < -0.4 is 5.32 Å². The molecule has 0 saturated carbocycles.